The Kier molecular flexibility index (Phi) is 5.84. The van der Waals surface area contributed by atoms with Crippen LogP contribution in [0.3, 0.4) is 0 Å². The molecule has 2 heterocycles. The number of piperazine rings is 1. The van der Waals surface area contributed by atoms with E-state index in [1.807, 2.05) is 6.92 Å². The summed E-state index contributed by atoms with van der Waals surface area (Å²) in [4.78, 5) is 19.0. The van der Waals surface area contributed by atoms with E-state index in [0.717, 1.165) is 19.6 Å². The Bertz CT molecular complexity index is 541. The van der Waals surface area contributed by atoms with Crippen LogP contribution in [0.25, 0.3) is 0 Å². The molecule has 1 aromatic rings. The zero-order chi connectivity index (χ0) is 16.9. The molecule has 2 atom stereocenters. The zero-order valence-corrected chi connectivity index (χ0v) is 14.8. The predicted octanol–water partition coefficient (Wildman–Crippen LogP) is 1.79. The number of hydrogen-bond acceptors (Lipinski definition) is 6. The summed E-state index contributed by atoms with van der Waals surface area (Å²) >= 11 is 0. The number of aromatic nitrogens is 2. The Labute approximate surface area is 143 Å². The first kappa shape index (κ1) is 17.4. The molecule has 7 heteroatoms. The molecule has 1 amide bonds. The lowest BCUT2D eigenvalue weighted by Gasteiger charge is -2.30. The highest BCUT2D eigenvalue weighted by Crippen LogP contribution is 2.26. The molecule has 0 spiro atoms. The van der Waals surface area contributed by atoms with Crippen LogP contribution in [0.1, 0.15) is 69.2 Å². The molecule has 0 radical (unpaired) electrons. The number of nitrogens with one attached hydrogen (secondary N) is 2. The van der Waals surface area contributed by atoms with Gasteiger partial charge in [-0.1, -0.05) is 24.4 Å². The van der Waals surface area contributed by atoms with Crippen molar-refractivity contribution in [2.75, 3.05) is 26.7 Å². The van der Waals surface area contributed by atoms with Crippen LogP contribution >= 0.6 is 0 Å². The van der Waals surface area contributed by atoms with E-state index in [4.69, 9.17) is 4.52 Å². The summed E-state index contributed by atoms with van der Waals surface area (Å²) in [6, 6.07) is -0.120. The molecule has 0 aromatic carbocycles. The summed E-state index contributed by atoms with van der Waals surface area (Å²) in [5, 5.41) is 10.5. The number of carbonyl (C=O) groups is 1. The van der Waals surface area contributed by atoms with Crippen LogP contribution in [0.2, 0.25) is 0 Å². The van der Waals surface area contributed by atoms with Crippen molar-refractivity contribution >= 4 is 5.91 Å². The van der Waals surface area contributed by atoms with Crippen LogP contribution in [-0.4, -0.2) is 47.6 Å². The van der Waals surface area contributed by atoms with E-state index in [2.05, 4.69) is 32.7 Å². The first-order valence-electron chi connectivity index (χ1n) is 9.17. The van der Waals surface area contributed by atoms with Gasteiger partial charge in [-0.15, -0.1) is 0 Å². The first-order chi connectivity index (χ1) is 11.6. The first-order valence-corrected chi connectivity index (χ1v) is 9.17. The smallest absolute Gasteiger partial charge is 0.248 e. The summed E-state index contributed by atoms with van der Waals surface area (Å²) in [7, 11) is 2.07. The summed E-state index contributed by atoms with van der Waals surface area (Å²) in [5.41, 5.74) is 0. The molecule has 1 saturated carbocycles. The third-order valence-corrected chi connectivity index (χ3v) is 5.21. The SMILES string of the molecule is CC(NC(=O)CC1CCCCC1)c1nc(C2CNCCN2C)no1. The largest absolute Gasteiger partial charge is 0.345 e. The Balaban J connectivity index is 1.53. The number of carbonyl (C=O) groups excluding carboxylic acids is 1. The van der Waals surface area contributed by atoms with E-state index in [1.165, 1.54) is 32.1 Å². The molecule has 1 aliphatic carbocycles. The minimum Gasteiger partial charge on any atom is -0.345 e. The molecule has 0 bridgehead atoms. The summed E-state index contributed by atoms with van der Waals surface area (Å²) in [6.07, 6.45) is 6.78. The van der Waals surface area contributed by atoms with Crippen molar-refractivity contribution in [2.45, 2.75) is 57.5 Å². The van der Waals surface area contributed by atoms with Crippen LogP contribution in [0, 0.1) is 5.92 Å². The van der Waals surface area contributed by atoms with Crippen molar-refractivity contribution in [3.63, 3.8) is 0 Å². The van der Waals surface area contributed by atoms with Gasteiger partial charge >= 0.3 is 0 Å². The maximum Gasteiger partial charge on any atom is 0.248 e. The fraction of sp³-hybridized carbons (Fsp3) is 0.824. The molecular formula is C17H29N5O2. The number of likely N-dealkylation sites (N-methyl/N-ethyl adjacent to an activating group) is 1. The predicted molar refractivity (Wildman–Crippen MR) is 90.3 cm³/mol. The van der Waals surface area contributed by atoms with Crippen molar-refractivity contribution in [3.05, 3.63) is 11.7 Å². The molecule has 2 fully saturated rings. The number of hydrogen-bond donors (Lipinski definition) is 2. The van der Waals surface area contributed by atoms with Gasteiger partial charge in [-0.2, -0.15) is 4.98 Å². The van der Waals surface area contributed by atoms with Crippen LogP contribution < -0.4 is 10.6 Å². The summed E-state index contributed by atoms with van der Waals surface area (Å²) in [6.45, 7) is 4.66. The van der Waals surface area contributed by atoms with Gasteiger partial charge in [0.05, 0.1) is 6.04 Å². The van der Waals surface area contributed by atoms with Gasteiger partial charge in [0, 0.05) is 26.1 Å². The highest BCUT2D eigenvalue weighted by molar-refractivity contribution is 5.76. The Morgan fingerprint density at radius 1 is 1.42 bits per heavy atom. The molecule has 7 nitrogen and oxygen atoms in total. The highest BCUT2D eigenvalue weighted by Gasteiger charge is 2.27. The topological polar surface area (TPSA) is 83.3 Å². The fourth-order valence-electron chi connectivity index (χ4n) is 3.67. The van der Waals surface area contributed by atoms with Gasteiger partial charge in [-0.25, -0.2) is 0 Å². The molecule has 1 aliphatic heterocycles. The number of nitrogens with zero attached hydrogens (tertiary/aromatic N) is 3. The molecule has 134 valence electrons. The van der Waals surface area contributed by atoms with Crippen molar-refractivity contribution in [1.29, 1.82) is 0 Å². The Morgan fingerprint density at radius 3 is 2.96 bits per heavy atom. The molecule has 24 heavy (non-hydrogen) atoms. The highest BCUT2D eigenvalue weighted by atomic mass is 16.5. The van der Waals surface area contributed by atoms with Gasteiger partial charge in [0.25, 0.3) is 0 Å². The third-order valence-electron chi connectivity index (χ3n) is 5.21. The molecule has 3 rings (SSSR count). The lowest BCUT2D eigenvalue weighted by atomic mass is 9.87. The van der Waals surface area contributed by atoms with E-state index in [0.29, 0.717) is 24.1 Å². The normalized spacial score (nSPS) is 24.7. The lowest BCUT2D eigenvalue weighted by molar-refractivity contribution is -0.123. The van der Waals surface area contributed by atoms with E-state index >= 15 is 0 Å². The van der Waals surface area contributed by atoms with Gasteiger partial charge in [-0.3, -0.25) is 9.69 Å². The monoisotopic (exact) mass is 335 g/mol. The van der Waals surface area contributed by atoms with E-state index < -0.39 is 0 Å². The van der Waals surface area contributed by atoms with Gasteiger partial charge < -0.3 is 15.2 Å². The van der Waals surface area contributed by atoms with Gasteiger partial charge in [-0.05, 0) is 32.7 Å². The molecular weight excluding hydrogens is 306 g/mol. The van der Waals surface area contributed by atoms with Crippen LogP contribution in [-0.2, 0) is 4.79 Å². The molecule has 1 saturated heterocycles. The van der Waals surface area contributed by atoms with Crippen LogP contribution in [0.4, 0.5) is 0 Å². The van der Waals surface area contributed by atoms with Gasteiger partial charge in [0.1, 0.15) is 6.04 Å². The van der Waals surface area contributed by atoms with Crippen LogP contribution in [0.5, 0.6) is 0 Å². The maximum atomic E-state index is 12.2. The number of amides is 1. The van der Waals surface area contributed by atoms with Crippen molar-refractivity contribution in [3.8, 4) is 0 Å². The average molecular weight is 335 g/mol. The molecule has 2 unspecified atom stereocenters. The second kappa shape index (κ2) is 8.07. The van der Waals surface area contributed by atoms with Crippen molar-refractivity contribution in [2.24, 2.45) is 5.92 Å². The lowest BCUT2D eigenvalue weighted by Crippen LogP contribution is -2.44. The maximum absolute atomic E-state index is 12.2. The van der Waals surface area contributed by atoms with Crippen molar-refractivity contribution in [1.82, 2.24) is 25.7 Å². The molecule has 2 aliphatic rings. The van der Waals surface area contributed by atoms with E-state index in [9.17, 15) is 4.79 Å². The second-order valence-corrected chi connectivity index (χ2v) is 7.19. The third kappa shape index (κ3) is 4.33. The second-order valence-electron chi connectivity index (χ2n) is 7.19. The number of rotatable bonds is 5. The standard InChI is InChI=1S/C17H29N5O2/c1-12(19-15(23)10-13-6-4-3-5-7-13)17-20-16(21-24-17)14-11-18-8-9-22(14)2/h12-14,18H,3-11H2,1-2H3,(H,19,23). The minimum absolute atomic E-state index is 0.0885. The van der Waals surface area contributed by atoms with Gasteiger partial charge in [0.2, 0.25) is 11.8 Å². The van der Waals surface area contributed by atoms with E-state index in [1.54, 1.807) is 0 Å². The van der Waals surface area contributed by atoms with Crippen molar-refractivity contribution < 1.29 is 9.32 Å². The average Bonchev–Trinajstić information content (AvgIpc) is 3.06. The Hall–Kier alpha value is -1.47. The quantitative estimate of drug-likeness (QED) is 0.854. The molecule has 1 aromatic heterocycles. The summed E-state index contributed by atoms with van der Waals surface area (Å²) in [5.74, 6) is 1.80. The van der Waals surface area contributed by atoms with Crippen LogP contribution in [0.15, 0.2) is 4.52 Å². The summed E-state index contributed by atoms with van der Waals surface area (Å²) < 4.78 is 5.39. The minimum atomic E-state index is -0.246. The van der Waals surface area contributed by atoms with E-state index in [-0.39, 0.29) is 18.0 Å². The van der Waals surface area contributed by atoms with Gasteiger partial charge in [0.15, 0.2) is 5.82 Å². The fourth-order valence-corrected chi connectivity index (χ4v) is 3.67. The Morgan fingerprint density at radius 2 is 2.21 bits per heavy atom. The zero-order valence-electron chi connectivity index (χ0n) is 14.8. The molecule has 2 N–H and O–H groups in total.